The van der Waals surface area contributed by atoms with E-state index in [9.17, 15) is 5.11 Å². The zero-order valence-electron chi connectivity index (χ0n) is 11.0. The average Bonchev–Trinajstić information content (AvgIpc) is 2.87. The summed E-state index contributed by atoms with van der Waals surface area (Å²) in [6.45, 7) is 1.75. The highest BCUT2D eigenvalue weighted by molar-refractivity contribution is 7.99. The molecule has 1 unspecified atom stereocenters. The van der Waals surface area contributed by atoms with E-state index in [-0.39, 0.29) is 0 Å². The van der Waals surface area contributed by atoms with Gasteiger partial charge < -0.3 is 5.11 Å². The van der Waals surface area contributed by atoms with Crippen LogP contribution in [0.1, 0.15) is 36.1 Å². The topological polar surface area (TPSA) is 33.1 Å². The molecule has 1 heterocycles. The zero-order valence-corrected chi connectivity index (χ0v) is 11.8. The largest absolute Gasteiger partial charge is 0.389 e. The molecule has 1 aliphatic rings. The van der Waals surface area contributed by atoms with Crippen molar-refractivity contribution in [3.63, 3.8) is 0 Å². The molecule has 0 bridgehead atoms. The van der Waals surface area contributed by atoms with Gasteiger partial charge in [-0.25, -0.2) is 4.98 Å². The lowest BCUT2D eigenvalue weighted by Crippen LogP contribution is -1.92. The number of benzene rings is 1. The van der Waals surface area contributed by atoms with E-state index in [1.807, 2.05) is 12.1 Å². The number of aryl methyl sites for hydroxylation is 2. The second-order valence-electron chi connectivity index (χ2n) is 4.99. The van der Waals surface area contributed by atoms with Crippen LogP contribution in [0.4, 0.5) is 0 Å². The van der Waals surface area contributed by atoms with Gasteiger partial charge in [-0.15, -0.1) is 0 Å². The van der Waals surface area contributed by atoms with Gasteiger partial charge in [0.15, 0.2) is 0 Å². The Labute approximate surface area is 117 Å². The highest BCUT2D eigenvalue weighted by Gasteiger charge is 2.11. The maximum absolute atomic E-state index is 9.46. The molecule has 0 aliphatic heterocycles. The summed E-state index contributed by atoms with van der Waals surface area (Å²) in [6, 6.07) is 10.6. The SMILES string of the molecule is CC(O)c1ccc(Sc2ccc3c(c2)CCC3)nc1. The van der Waals surface area contributed by atoms with E-state index in [0.29, 0.717) is 0 Å². The van der Waals surface area contributed by atoms with Crippen LogP contribution in [-0.4, -0.2) is 10.1 Å². The standard InChI is InChI=1S/C16H17NOS/c1-11(18)14-6-8-16(17-10-14)19-15-7-5-12-3-2-4-13(12)9-15/h5-11,18H,2-4H2,1H3. The highest BCUT2D eigenvalue weighted by atomic mass is 32.2. The Morgan fingerprint density at radius 3 is 2.74 bits per heavy atom. The molecule has 1 aromatic heterocycles. The van der Waals surface area contributed by atoms with E-state index < -0.39 is 6.10 Å². The lowest BCUT2D eigenvalue weighted by Gasteiger charge is -2.06. The summed E-state index contributed by atoms with van der Waals surface area (Å²) in [5.74, 6) is 0. The molecule has 2 nitrogen and oxygen atoms in total. The fraction of sp³-hybridized carbons (Fsp3) is 0.312. The van der Waals surface area contributed by atoms with Gasteiger partial charge >= 0.3 is 0 Å². The molecule has 3 rings (SSSR count). The van der Waals surface area contributed by atoms with Crippen molar-refractivity contribution in [3.8, 4) is 0 Å². The summed E-state index contributed by atoms with van der Waals surface area (Å²) in [6.07, 6.45) is 5.01. The van der Waals surface area contributed by atoms with Crippen molar-refractivity contribution in [3.05, 3.63) is 53.2 Å². The molecule has 1 aliphatic carbocycles. The Morgan fingerprint density at radius 2 is 2.00 bits per heavy atom. The van der Waals surface area contributed by atoms with Crippen LogP contribution in [0.5, 0.6) is 0 Å². The van der Waals surface area contributed by atoms with Crippen LogP contribution in [0.2, 0.25) is 0 Å². The lowest BCUT2D eigenvalue weighted by molar-refractivity contribution is 0.198. The van der Waals surface area contributed by atoms with Crippen LogP contribution in [-0.2, 0) is 12.8 Å². The van der Waals surface area contributed by atoms with Gasteiger partial charge in [0, 0.05) is 11.1 Å². The maximum atomic E-state index is 9.46. The van der Waals surface area contributed by atoms with Crippen LogP contribution >= 0.6 is 11.8 Å². The summed E-state index contributed by atoms with van der Waals surface area (Å²) < 4.78 is 0. The van der Waals surface area contributed by atoms with Gasteiger partial charge in [-0.05, 0) is 61.1 Å². The summed E-state index contributed by atoms with van der Waals surface area (Å²) in [7, 11) is 0. The van der Waals surface area contributed by atoms with Crippen LogP contribution in [0.25, 0.3) is 0 Å². The third kappa shape index (κ3) is 2.82. The van der Waals surface area contributed by atoms with Crippen molar-refractivity contribution in [2.75, 3.05) is 0 Å². The van der Waals surface area contributed by atoms with Crippen molar-refractivity contribution >= 4 is 11.8 Å². The number of nitrogens with zero attached hydrogens (tertiary/aromatic N) is 1. The Bertz CT molecular complexity index is 578. The molecule has 0 amide bonds. The van der Waals surface area contributed by atoms with Gasteiger partial charge in [-0.2, -0.15) is 0 Å². The molecule has 1 atom stereocenters. The van der Waals surface area contributed by atoms with Crippen molar-refractivity contribution in [1.82, 2.24) is 4.98 Å². The number of fused-ring (bicyclic) bond motifs is 1. The lowest BCUT2D eigenvalue weighted by atomic mass is 10.1. The van der Waals surface area contributed by atoms with Gasteiger partial charge in [0.1, 0.15) is 5.03 Å². The predicted octanol–water partition coefficient (Wildman–Crippen LogP) is 3.77. The minimum Gasteiger partial charge on any atom is -0.389 e. The number of rotatable bonds is 3. The number of hydrogen-bond donors (Lipinski definition) is 1. The minimum atomic E-state index is -0.452. The summed E-state index contributed by atoms with van der Waals surface area (Å²) in [5, 5.41) is 10.4. The van der Waals surface area contributed by atoms with Crippen molar-refractivity contribution in [1.29, 1.82) is 0 Å². The van der Waals surface area contributed by atoms with E-state index >= 15 is 0 Å². The number of aromatic nitrogens is 1. The second-order valence-corrected chi connectivity index (χ2v) is 6.09. The quantitative estimate of drug-likeness (QED) is 0.922. The van der Waals surface area contributed by atoms with E-state index in [1.54, 1.807) is 24.9 Å². The summed E-state index contributed by atoms with van der Waals surface area (Å²) >= 11 is 1.68. The molecule has 0 fully saturated rings. The first-order valence-corrected chi connectivity index (χ1v) is 7.48. The van der Waals surface area contributed by atoms with E-state index in [0.717, 1.165) is 10.6 Å². The zero-order chi connectivity index (χ0) is 13.2. The molecule has 0 saturated carbocycles. The summed E-state index contributed by atoms with van der Waals surface area (Å²) in [5.41, 5.74) is 3.85. The Kier molecular flexibility index (Phi) is 3.58. The van der Waals surface area contributed by atoms with Crippen molar-refractivity contribution in [2.24, 2.45) is 0 Å². The van der Waals surface area contributed by atoms with Crippen LogP contribution in [0.15, 0.2) is 46.5 Å². The third-order valence-corrected chi connectivity index (χ3v) is 4.47. The van der Waals surface area contributed by atoms with Gasteiger partial charge in [-0.1, -0.05) is 23.9 Å². The van der Waals surface area contributed by atoms with E-state index in [4.69, 9.17) is 0 Å². The second kappa shape index (κ2) is 5.35. The average molecular weight is 271 g/mol. The third-order valence-electron chi connectivity index (χ3n) is 3.53. The molecule has 1 N–H and O–H groups in total. The number of aliphatic hydroxyl groups is 1. The van der Waals surface area contributed by atoms with Gasteiger partial charge in [0.2, 0.25) is 0 Å². The Balaban J connectivity index is 1.77. The van der Waals surface area contributed by atoms with Crippen LogP contribution in [0, 0.1) is 0 Å². The highest BCUT2D eigenvalue weighted by Crippen LogP contribution is 2.31. The molecular formula is C16H17NOS. The van der Waals surface area contributed by atoms with Crippen molar-refractivity contribution in [2.45, 2.75) is 42.2 Å². The maximum Gasteiger partial charge on any atom is 0.101 e. The summed E-state index contributed by atoms with van der Waals surface area (Å²) in [4.78, 5) is 5.64. The first kappa shape index (κ1) is 12.7. The van der Waals surface area contributed by atoms with E-state index in [2.05, 4.69) is 23.2 Å². The molecule has 0 saturated heterocycles. The van der Waals surface area contributed by atoms with Gasteiger partial charge in [-0.3, -0.25) is 0 Å². The molecule has 98 valence electrons. The molecular weight excluding hydrogens is 254 g/mol. The fourth-order valence-corrected chi connectivity index (χ4v) is 3.25. The van der Waals surface area contributed by atoms with Crippen LogP contribution < -0.4 is 0 Å². The fourth-order valence-electron chi connectivity index (χ4n) is 2.43. The molecule has 1 aromatic carbocycles. The van der Waals surface area contributed by atoms with Crippen LogP contribution in [0.3, 0.4) is 0 Å². The predicted molar refractivity (Wildman–Crippen MR) is 77.5 cm³/mol. The Hall–Kier alpha value is -1.32. The monoisotopic (exact) mass is 271 g/mol. The molecule has 19 heavy (non-hydrogen) atoms. The first-order chi connectivity index (χ1) is 9.22. The Morgan fingerprint density at radius 1 is 1.16 bits per heavy atom. The molecule has 0 radical (unpaired) electrons. The first-order valence-electron chi connectivity index (χ1n) is 6.66. The normalized spacial score (nSPS) is 15.3. The number of aliphatic hydroxyl groups excluding tert-OH is 1. The molecule has 2 aromatic rings. The van der Waals surface area contributed by atoms with E-state index in [1.165, 1.54) is 35.3 Å². The molecule has 0 spiro atoms. The van der Waals surface area contributed by atoms with Gasteiger partial charge in [0.25, 0.3) is 0 Å². The minimum absolute atomic E-state index is 0.452. The number of pyridine rings is 1. The van der Waals surface area contributed by atoms with Gasteiger partial charge in [0.05, 0.1) is 6.10 Å². The number of hydrogen-bond acceptors (Lipinski definition) is 3. The smallest absolute Gasteiger partial charge is 0.101 e. The molecule has 3 heteroatoms. The van der Waals surface area contributed by atoms with Crippen molar-refractivity contribution < 1.29 is 5.11 Å².